The molecule has 0 radical (unpaired) electrons. The van der Waals surface area contributed by atoms with Gasteiger partial charge in [-0.15, -0.1) is 0 Å². The van der Waals surface area contributed by atoms with Crippen LogP contribution in [0.5, 0.6) is 11.5 Å². The van der Waals surface area contributed by atoms with Gasteiger partial charge < -0.3 is 19.4 Å². The standard InChI is InChI=1S/C20H27N3O3/c1-3-25-17-6-5-15(13-18(17)26-4-2)7-9-22-20(24)16-8-11-23-12-10-21-19(23)14-16/h5-6,10,12-13,16H,3-4,7-9,11,14H2,1-2H3,(H,22,24). The van der Waals surface area contributed by atoms with Crippen molar-refractivity contribution in [2.75, 3.05) is 19.8 Å². The number of aromatic nitrogens is 2. The molecule has 1 atom stereocenters. The Morgan fingerprint density at radius 2 is 2.08 bits per heavy atom. The van der Waals surface area contributed by atoms with Gasteiger partial charge in [0, 0.05) is 37.8 Å². The Hall–Kier alpha value is -2.50. The van der Waals surface area contributed by atoms with E-state index in [9.17, 15) is 4.79 Å². The van der Waals surface area contributed by atoms with Crippen molar-refractivity contribution in [3.05, 3.63) is 42.0 Å². The van der Waals surface area contributed by atoms with Crippen LogP contribution in [0.15, 0.2) is 30.6 Å². The highest BCUT2D eigenvalue weighted by Crippen LogP contribution is 2.28. The quantitative estimate of drug-likeness (QED) is 0.789. The molecule has 1 N–H and O–H groups in total. The van der Waals surface area contributed by atoms with Crippen LogP contribution in [-0.2, 0) is 24.2 Å². The van der Waals surface area contributed by atoms with E-state index in [-0.39, 0.29) is 11.8 Å². The van der Waals surface area contributed by atoms with Gasteiger partial charge in [-0.25, -0.2) is 4.98 Å². The molecule has 2 aromatic rings. The molecule has 1 aliphatic heterocycles. The van der Waals surface area contributed by atoms with Gasteiger partial charge in [0.2, 0.25) is 5.91 Å². The number of benzene rings is 1. The van der Waals surface area contributed by atoms with Crippen LogP contribution in [0, 0.1) is 5.92 Å². The number of aryl methyl sites for hydroxylation is 1. The lowest BCUT2D eigenvalue weighted by Crippen LogP contribution is -2.36. The minimum atomic E-state index is 0.0178. The number of carbonyl (C=O) groups is 1. The lowest BCUT2D eigenvalue weighted by atomic mass is 9.97. The topological polar surface area (TPSA) is 65.4 Å². The van der Waals surface area contributed by atoms with Crippen molar-refractivity contribution in [2.45, 2.75) is 39.7 Å². The summed E-state index contributed by atoms with van der Waals surface area (Å²) in [5.74, 6) is 2.67. The summed E-state index contributed by atoms with van der Waals surface area (Å²) in [4.78, 5) is 16.8. The normalized spacial score (nSPS) is 16.0. The number of nitrogens with zero attached hydrogens (tertiary/aromatic N) is 2. The highest BCUT2D eigenvalue weighted by Gasteiger charge is 2.24. The third kappa shape index (κ3) is 4.36. The third-order valence-electron chi connectivity index (χ3n) is 4.64. The van der Waals surface area contributed by atoms with E-state index in [0.29, 0.717) is 19.8 Å². The molecule has 26 heavy (non-hydrogen) atoms. The molecule has 0 saturated heterocycles. The second-order valence-electron chi connectivity index (χ2n) is 6.41. The zero-order valence-corrected chi connectivity index (χ0v) is 15.5. The molecule has 0 saturated carbocycles. The smallest absolute Gasteiger partial charge is 0.223 e. The summed E-state index contributed by atoms with van der Waals surface area (Å²) in [6.07, 6.45) is 6.13. The second kappa shape index (κ2) is 8.74. The molecule has 140 valence electrons. The molecule has 2 heterocycles. The van der Waals surface area contributed by atoms with Gasteiger partial charge in [-0.2, -0.15) is 0 Å². The second-order valence-corrected chi connectivity index (χ2v) is 6.41. The van der Waals surface area contributed by atoms with E-state index in [4.69, 9.17) is 9.47 Å². The largest absolute Gasteiger partial charge is 0.490 e. The van der Waals surface area contributed by atoms with Crippen molar-refractivity contribution in [1.82, 2.24) is 14.9 Å². The number of amides is 1. The van der Waals surface area contributed by atoms with Crippen LogP contribution in [0.1, 0.15) is 31.7 Å². The summed E-state index contributed by atoms with van der Waals surface area (Å²) < 4.78 is 13.4. The fourth-order valence-electron chi connectivity index (χ4n) is 3.30. The SMILES string of the molecule is CCOc1ccc(CCNC(=O)C2CCn3ccnc3C2)cc1OCC. The zero-order chi connectivity index (χ0) is 18.4. The average molecular weight is 357 g/mol. The predicted octanol–water partition coefficient (Wildman–Crippen LogP) is 2.60. The molecule has 1 unspecified atom stereocenters. The Morgan fingerprint density at radius 1 is 1.27 bits per heavy atom. The van der Waals surface area contributed by atoms with Crippen molar-refractivity contribution in [2.24, 2.45) is 5.92 Å². The summed E-state index contributed by atoms with van der Waals surface area (Å²) in [6.45, 7) is 6.59. The van der Waals surface area contributed by atoms with Gasteiger partial charge in [0.15, 0.2) is 11.5 Å². The van der Waals surface area contributed by atoms with E-state index >= 15 is 0 Å². The van der Waals surface area contributed by atoms with E-state index in [2.05, 4.69) is 14.9 Å². The molecule has 0 spiro atoms. The summed E-state index contributed by atoms with van der Waals surface area (Å²) >= 11 is 0. The van der Waals surface area contributed by atoms with Gasteiger partial charge in [0.1, 0.15) is 5.82 Å². The van der Waals surface area contributed by atoms with Crippen molar-refractivity contribution in [1.29, 1.82) is 0 Å². The van der Waals surface area contributed by atoms with Gasteiger partial charge in [0.25, 0.3) is 0 Å². The molecule has 0 aliphatic carbocycles. The van der Waals surface area contributed by atoms with E-state index in [1.807, 2.05) is 38.2 Å². The number of fused-ring (bicyclic) bond motifs is 1. The van der Waals surface area contributed by atoms with Crippen molar-refractivity contribution in [3.63, 3.8) is 0 Å². The summed E-state index contributed by atoms with van der Waals surface area (Å²) in [5.41, 5.74) is 1.12. The molecule has 1 amide bonds. The van der Waals surface area contributed by atoms with Crippen LogP contribution in [-0.4, -0.2) is 35.2 Å². The fraction of sp³-hybridized carbons (Fsp3) is 0.500. The summed E-state index contributed by atoms with van der Waals surface area (Å²) in [5, 5.41) is 3.07. The molecule has 1 aromatic carbocycles. The Morgan fingerprint density at radius 3 is 2.88 bits per heavy atom. The molecular formula is C20H27N3O3. The van der Waals surface area contributed by atoms with Crippen LogP contribution in [0.3, 0.4) is 0 Å². The van der Waals surface area contributed by atoms with Gasteiger partial charge in [-0.3, -0.25) is 4.79 Å². The molecule has 1 aliphatic rings. The van der Waals surface area contributed by atoms with E-state index in [1.54, 1.807) is 6.20 Å². The highest BCUT2D eigenvalue weighted by molar-refractivity contribution is 5.79. The Labute approximate surface area is 154 Å². The van der Waals surface area contributed by atoms with Crippen LogP contribution in [0.4, 0.5) is 0 Å². The van der Waals surface area contributed by atoms with Crippen LogP contribution < -0.4 is 14.8 Å². The van der Waals surface area contributed by atoms with Crippen LogP contribution >= 0.6 is 0 Å². The number of ether oxygens (including phenoxy) is 2. The van der Waals surface area contributed by atoms with Crippen LogP contribution in [0.25, 0.3) is 0 Å². The fourth-order valence-corrected chi connectivity index (χ4v) is 3.30. The van der Waals surface area contributed by atoms with Crippen molar-refractivity contribution in [3.8, 4) is 11.5 Å². The van der Waals surface area contributed by atoms with E-state index in [0.717, 1.165) is 48.7 Å². The highest BCUT2D eigenvalue weighted by atomic mass is 16.5. The third-order valence-corrected chi connectivity index (χ3v) is 4.64. The Balaban J connectivity index is 1.51. The molecule has 0 fully saturated rings. The van der Waals surface area contributed by atoms with Gasteiger partial charge in [-0.1, -0.05) is 6.07 Å². The molecule has 6 nitrogen and oxygen atoms in total. The molecule has 6 heteroatoms. The first-order valence-corrected chi connectivity index (χ1v) is 9.37. The monoisotopic (exact) mass is 357 g/mol. The number of rotatable bonds is 8. The lowest BCUT2D eigenvalue weighted by Gasteiger charge is -2.22. The minimum Gasteiger partial charge on any atom is -0.490 e. The lowest BCUT2D eigenvalue weighted by molar-refractivity contribution is -0.125. The number of nitrogens with one attached hydrogen (secondary N) is 1. The van der Waals surface area contributed by atoms with Crippen LogP contribution in [0.2, 0.25) is 0 Å². The summed E-state index contributed by atoms with van der Waals surface area (Å²) in [6, 6.07) is 5.96. The zero-order valence-electron chi connectivity index (χ0n) is 15.5. The molecule has 3 rings (SSSR count). The maximum Gasteiger partial charge on any atom is 0.223 e. The van der Waals surface area contributed by atoms with Crippen molar-refractivity contribution < 1.29 is 14.3 Å². The maximum absolute atomic E-state index is 12.4. The van der Waals surface area contributed by atoms with Crippen molar-refractivity contribution >= 4 is 5.91 Å². The molecule has 0 bridgehead atoms. The maximum atomic E-state index is 12.4. The Kier molecular flexibility index (Phi) is 6.15. The predicted molar refractivity (Wildman–Crippen MR) is 99.5 cm³/mol. The first kappa shape index (κ1) is 18.3. The first-order valence-electron chi connectivity index (χ1n) is 9.37. The average Bonchev–Trinajstić information content (AvgIpc) is 3.12. The first-order chi connectivity index (χ1) is 12.7. The molecule has 1 aromatic heterocycles. The number of carbonyl (C=O) groups excluding carboxylic acids is 1. The van der Waals surface area contributed by atoms with Gasteiger partial charge >= 0.3 is 0 Å². The van der Waals surface area contributed by atoms with Gasteiger partial charge in [-0.05, 0) is 44.4 Å². The number of hydrogen-bond donors (Lipinski definition) is 1. The van der Waals surface area contributed by atoms with E-state index in [1.165, 1.54) is 0 Å². The number of hydrogen-bond acceptors (Lipinski definition) is 4. The summed E-state index contributed by atoms with van der Waals surface area (Å²) in [7, 11) is 0. The van der Waals surface area contributed by atoms with E-state index < -0.39 is 0 Å². The Bertz CT molecular complexity index is 742. The van der Waals surface area contributed by atoms with Gasteiger partial charge in [0.05, 0.1) is 13.2 Å². The minimum absolute atomic E-state index is 0.0178. The molecular weight excluding hydrogens is 330 g/mol. The number of imidazole rings is 1.